The van der Waals surface area contributed by atoms with Crippen molar-refractivity contribution in [2.45, 2.75) is 27.2 Å². The van der Waals surface area contributed by atoms with Crippen molar-refractivity contribution in [2.24, 2.45) is 0 Å². The van der Waals surface area contributed by atoms with Crippen molar-refractivity contribution in [3.05, 3.63) is 23.8 Å². The van der Waals surface area contributed by atoms with Gasteiger partial charge < -0.3 is 21.3 Å². The molecule has 0 aliphatic rings. The third-order valence-electron chi connectivity index (χ3n) is 3.69. The summed E-state index contributed by atoms with van der Waals surface area (Å²) in [6, 6.07) is 5.03. The molecule has 0 radical (unpaired) electrons. The highest BCUT2D eigenvalue weighted by molar-refractivity contribution is 5.96. The quantitative estimate of drug-likeness (QED) is 0.719. The Balaban J connectivity index is 2.64. The standard InChI is InChI=1S/C16H28N4O/c1-4-19(5-2)8-7-9-20(6-3)16(21)13-10-14(17)12-15(18)11-13/h10-12H,4-9,17-18H2,1-3H3. The molecule has 5 nitrogen and oxygen atoms in total. The van der Waals surface area contributed by atoms with Gasteiger partial charge >= 0.3 is 0 Å². The van der Waals surface area contributed by atoms with Crippen molar-refractivity contribution in [1.82, 2.24) is 9.80 Å². The van der Waals surface area contributed by atoms with Gasteiger partial charge in [-0.1, -0.05) is 13.8 Å². The van der Waals surface area contributed by atoms with Gasteiger partial charge in [-0.3, -0.25) is 4.79 Å². The molecule has 0 aliphatic carbocycles. The van der Waals surface area contributed by atoms with E-state index in [-0.39, 0.29) is 5.91 Å². The van der Waals surface area contributed by atoms with Gasteiger partial charge in [-0.15, -0.1) is 0 Å². The molecule has 1 amide bonds. The molecule has 0 spiro atoms. The second kappa shape index (κ2) is 8.52. The van der Waals surface area contributed by atoms with E-state index in [0.717, 1.165) is 32.6 Å². The van der Waals surface area contributed by atoms with Crippen LogP contribution in [0.3, 0.4) is 0 Å². The minimum Gasteiger partial charge on any atom is -0.399 e. The van der Waals surface area contributed by atoms with Crippen molar-refractivity contribution in [1.29, 1.82) is 0 Å². The number of anilines is 2. The van der Waals surface area contributed by atoms with Crippen LogP contribution in [0.2, 0.25) is 0 Å². The second-order valence-corrected chi connectivity index (χ2v) is 5.15. The predicted octanol–water partition coefficient (Wildman–Crippen LogP) is 2.04. The highest BCUT2D eigenvalue weighted by atomic mass is 16.2. The Morgan fingerprint density at radius 1 is 0.952 bits per heavy atom. The van der Waals surface area contributed by atoms with Crippen molar-refractivity contribution in [3.63, 3.8) is 0 Å². The Morgan fingerprint density at radius 3 is 2.00 bits per heavy atom. The van der Waals surface area contributed by atoms with Crippen LogP contribution in [0.1, 0.15) is 37.6 Å². The maximum absolute atomic E-state index is 12.5. The van der Waals surface area contributed by atoms with Gasteiger partial charge in [-0.2, -0.15) is 0 Å². The highest BCUT2D eigenvalue weighted by Crippen LogP contribution is 2.15. The topological polar surface area (TPSA) is 75.6 Å². The summed E-state index contributed by atoms with van der Waals surface area (Å²) in [5, 5.41) is 0. The van der Waals surface area contributed by atoms with Crippen LogP contribution < -0.4 is 11.5 Å². The van der Waals surface area contributed by atoms with Gasteiger partial charge in [0.05, 0.1) is 0 Å². The molecule has 0 bridgehead atoms. The van der Waals surface area contributed by atoms with E-state index in [9.17, 15) is 4.79 Å². The molecule has 0 saturated heterocycles. The second-order valence-electron chi connectivity index (χ2n) is 5.15. The third-order valence-corrected chi connectivity index (χ3v) is 3.69. The van der Waals surface area contributed by atoms with Crippen molar-refractivity contribution in [2.75, 3.05) is 44.2 Å². The minimum absolute atomic E-state index is 0.00366. The van der Waals surface area contributed by atoms with E-state index < -0.39 is 0 Å². The van der Waals surface area contributed by atoms with E-state index >= 15 is 0 Å². The third kappa shape index (κ3) is 5.27. The number of nitrogens with two attached hydrogens (primary N) is 2. The van der Waals surface area contributed by atoms with Gasteiger partial charge in [-0.05, 0) is 51.2 Å². The zero-order valence-corrected chi connectivity index (χ0v) is 13.4. The number of benzene rings is 1. The molecule has 1 rings (SSSR count). The summed E-state index contributed by atoms with van der Waals surface area (Å²) < 4.78 is 0. The first kappa shape index (κ1) is 17.3. The zero-order chi connectivity index (χ0) is 15.8. The number of hydrogen-bond donors (Lipinski definition) is 2. The van der Waals surface area contributed by atoms with Crippen molar-refractivity contribution < 1.29 is 4.79 Å². The largest absolute Gasteiger partial charge is 0.399 e. The average Bonchev–Trinajstić information content (AvgIpc) is 2.46. The van der Waals surface area contributed by atoms with Crippen LogP contribution in [0, 0.1) is 0 Å². The number of carbonyl (C=O) groups excluding carboxylic acids is 1. The smallest absolute Gasteiger partial charge is 0.253 e. The number of carbonyl (C=O) groups is 1. The van der Waals surface area contributed by atoms with Crippen LogP contribution >= 0.6 is 0 Å². The Hall–Kier alpha value is -1.75. The fourth-order valence-corrected chi connectivity index (χ4v) is 2.41. The number of nitrogen functional groups attached to an aromatic ring is 2. The van der Waals surface area contributed by atoms with Crippen LogP contribution in [-0.2, 0) is 0 Å². The summed E-state index contributed by atoms with van der Waals surface area (Å²) >= 11 is 0. The molecule has 1 aromatic rings. The molecule has 0 heterocycles. The number of rotatable bonds is 8. The maximum Gasteiger partial charge on any atom is 0.253 e. The van der Waals surface area contributed by atoms with Crippen LogP contribution in [0.15, 0.2) is 18.2 Å². The molecule has 5 heteroatoms. The molecule has 118 valence electrons. The molecule has 4 N–H and O–H groups in total. The monoisotopic (exact) mass is 292 g/mol. The summed E-state index contributed by atoms with van der Waals surface area (Å²) in [6.45, 7) is 10.8. The van der Waals surface area contributed by atoms with Gasteiger partial charge in [0.1, 0.15) is 0 Å². The fraction of sp³-hybridized carbons (Fsp3) is 0.562. The van der Waals surface area contributed by atoms with E-state index in [1.807, 2.05) is 11.8 Å². The van der Waals surface area contributed by atoms with Gasteiger partial charge in [0.2, 0.25) is 0 Å². The van der Waals surface area contributed by atoms with Crippen LogP contribution in [0.4, 0.5) is 11.4 Å². The summed E-state index contributed by atoms with van der Waals surface area (Å²) in [7, 11) is 0. The lowest BCUT2D eigenvalue weighted by Crippen LogP contribution is -2.34. The molecular formula is C16H28N4O. The fourth-order valence-electron chi connectivity index (χ4n) is 2.41. The molecule has 0 aliphatic heterocycles. The van der Waals surface area contributed by atoms with Crippen LogP contribution in [-0.4, -0.2) is 48.4 Å². The molecule has 0 aromatic heterocycles. The van der Waals surface area contributed by atoms with Gasteiger partial charge in [0.15, 0.2) is 0 Å². The molecule has 0 atom stereocenters. The maximum atomic E-state index is 12.5. The summed E-state index contributed by atoms with van der Waals surface area (Å²) in [5.41, 5.74) is 13.1. The van der Waals surface area contributed by atoms with E-state index in [1.54, 1.807) is 18.2 Å². The first-order valence-electron chi connectivity index (χ1n) is 7.69. The van der Waals surface area contributed by atoms with Crippen molar-refractivity contribution in [3.8, 4) is 0 Å². The average molecular weight is 292 g/mol. The summed E-state index contributed by atoms with van der Waals surface area (Å²) in [5.74, 6) is -0.00366. The van der Waals surface area contributed by atoms with E-state index in [4.69, 9.17) is 11.5 Å². The number of hydrogen-bond acceptors (Lipinski definition) is 4. The number of amides is 1. The molecule has 1 aromatic carbocycles. The normalized spacial score (nSPS) is 10.9. The van der Waals surface area contributed by atoms with Gasteiger partial charge in [0.25, 0.3) is 5.91 Å². The van der Waals surface area contributed by atoms with Gasteiger partial charge in [-0.25, -0.2) is 0 Å². The summed E-state index contributed by atoms with van der Waals surface area (Å²) in [6.07, 6.45) is 0.971. The van der Waals surface area contributed by atoms with Crippen LogP contribution in [0.25, 0.3) is 0 Å². The predicted molar refractivity (Wildman–Crippen MR) is 89.2 cm³/mol. The Bertz CT molecular complexity index is 437. The van der Waals surface area contributed by atoms with Crippen molar-refractivity contribution >= 4 is 17.3 Å². The molecule has 0 fully saturated rings. The zero-order valence-electron chi connectivity index (χ0n) is 13.4. The van der Waals surface area contributed by atoms with E-state index in [2.05, 4.69) is 18.7 Å². The molecule has 0 saturated carbocycles. The van der Waals surface area contributed by atoms with E-state index in [1.165, 1.54) is 0 Å². The highest BCUT2D eigenvalue weighted by Gasteiger charge is 2.15. The Kier molecular flexibility index (Phi) is 7.02. The molecular weight excluding hydrogens is 264 g/mol. The molecule has 21 heavy (non-hydrogen) atoms. The molecule has 0 unspecified atom stereocenters. The SMILES string of the molecule is CCN(CC)CCCN(CC)C(=O)c1cc(N)cc(N)c1. The summed E-state index contributed by atoms with van der Waals surface area (Å²) in [4.78, 5) is 16.7. The van der Waals surface area contributed by atoms with Gasteiger partial charge in [0, 0.05) is 30.0 Å². The Morgan fingerprint density at radius 2 is 1.52 bits per heavy atom. The lowest BCUT2D eigenvalue weighted by atomic mass is 10.1. The first-order chi connectivity index (χ1) is 10.0. The number of nitrogens with zero attached hydrogens (tertiary/aromatic N) is 2. The lowest BCUT2D eigenvalue weighted by Gasteiger charge is -2.24. The first-order valence-corrected chi connectivity index (χ1v) is 7.69. The Labute approximate surface area is 127 Å². The van der Waals surface area contributed by atoms with Crippen LogP contribution in [0.5, 0.6) is 0 Å². The van der Waals surface area contributed by atoms with E-state index in [0.29, 0.717) is 23.5 Å². The lowest BCUT2D eigenvalue weighted by molar-refractivity contribution is 0.0757. The minimum atomic E-state index is -0.00366.